The van der Waals surface area contributed by atoms with Crippen LogP contribution in [0.15, 0.2) is 72.8 Å². The zero-order valence-corrected chi connectivity index (χ0v) is 23.4. The fourth-order valence-corrected chi connectivity index (χ4v) is 3.71. The van der Waals surface area contributed by atoms with Crippen LogP contribution in [-0.2, 0) is 21.7 Å². The van der Waals surface area contributed by atoms with Gasteiger partial charge in [0.15, 0.2) is 6.04 Å². The lowest BCUT2D eigenvalue weighted by molar-refractivity contribution is -0.158. The van der Waals surface area contributed by atoms with Crippen LogP contribution in [0.25, 0.3) is 0 Å². The van der Waals surface area contributed by atoms with Gasteiger partial charge >= 0.3 is 5.97 Å². The van der Waals surface area contributed by atoms with Crippen LogP contribution in [0.3, 0.4) is 0 Å². The van der Waals surface area contributed by atoms with Crippen LogP contribution >= 0.6 is 0 Å². The van der Waals surface area contributed by atoms with E-state index in [1.165, 1.54) is 38.1 Å². The summed E-state index contributed by atoms with van der Waals surface area (Å²) in [5, 5.41) is 42.5. The summed E-state index contributed by atoms with van der Waals surface area (Å²) in [6.45, 7) is 1.42. The molecule has 9 nitrogen and oxygen atoms in total. The van der Waals surface area contributed by atoms with Crippen LogP contribution < -0.4 is 11.1 Å². The molecule has 0 heterocycles. The van der Waals surface area contributed by atoms with Crippen molar-refractivity contribution in [1.82, 2.24) is 5.32 Å². The number of rotatable bonds is 10. The number of hydrogen-bond acceptors (Lipinski definition) is 8. The number of amides is 1. The molecule has 3 aromatic rings. The molecule has 7 N–H and O–H groups in total. The van der Waals surface area contributed by atoms with E-state index in [0.29, 0.717) is 22.4 Å². The first kappa shape index (κ1) is 31.9. The Hall–Kier alpha value is -4.64. The number of aliphatic hydroxyl groups excluding tert-OH is 3. The molecule has 3 aromatic carbocycles. The van der Waals surface area contributed by atoms with Crippen molar-refractivity contribution in [2.24, 2.45) is 5.41 Å². The lowest BCUT2D eigenvalue weighted by Gasteiger charge is -2.33. The van der Waals surface area contributed by atoms with Crippen LogP contribution in [0.4, 0.5) is 5.69 Å². The van der Waals surface area contributed by atoms with E-state index in [-0.39, 0.29) is 18.8 Å². The fraction of sp³-hybridized carbons (Fsp3) is 0.273. The molecule has 0 radical (unpaired) electrons. The summed E-state index contributed by atoms with van der Waals surface area (Å²) >= 11 is 0. The highest BCUT2D eigenvalue weighted by Crippen LogP contribution is 2.27. The van der Waals surface area contributed by atoms with Gasteiger partial charge in [-0.15, -0.1) is 0 Å². The maximum absolute atomic E-state index is 13.2. The summed E-state index contributed by atoms with van der Waals surface area (Å²) in [5.74, 6) is 9.71. The van der Waals surface area contributed by atoms with Gasteiger partial charge in [-0.05, 0) is 78.4 Å². The van der Waals surface area contributed by atoms with Gasteiger partial charge in [-0.25, -0.2) is 4.79 Å². The highest BCUT2D eigenvalue weighted by molar-refractivity contribution is 5.97. The van der Waals surface area contributed by atoms with E-state index < -0.39 is 42.1 Å². The maximum atomic E-state index is 13.2. The maximum Gasteiger partial charge on any atom is 0.332 e. The molecule has 3 rings (SSSR count). The minimum atomic E-state index is -1.93. The minimum Gasteiger partial charge on any atom is -0.463 e. The standard InChI is InChI=1S/C33H34N2O7/c1-32(20-37,21-38)22-42-31(40)29(33(2,41)27-15-9-25(19-36)10-16-27)35-30(39)26-13-7-23(8-14-26)5-3-4-6-24-11-17-28(34)18-12-24/h7-18,29,36-38,41H,19-22,34H2,1-2H3,(H,35,39)/t29-,33+/m1/s1. The third-order valence-electron chi connectivity index (χ3n) is 6.65. The Kier molecular flexibility index (Phi) is 10.9. The van der Waals surface area contributed by atoms with Crippen LogP contribution in [-0.4, -0.2) is 58.2 Å². The zero-order chi connectivity index (χ0) is 30.8. The zero-order valence-electron chi connectivity index (χ0n) is 23.4. The van der Waals surface area contributed by atoms with Gasteiger partial charge < -0.3 is 36.2 Å². The summed E-state index contributed by atoms with van der Waals surface area (Å²) in [5.41, 5.74) is 5.74. The predicted octanol–water partition coefficient (Wildman–Crippen LogP) is 1.70. The van der Waals surface area contributed by atoms with Gasteiger partial charge in [0.25, 0.3) is 5.91 Å². The van der Waals surface area contributed by atoms with Gasteiger partial charge in [0, 0.05) is 27.8 Å². The smallest absolute Gasteiger partial charge is 0.332 e. The molecule has 218 valence electrons. The molecule has 0 unspecified atom stereocenters. The number of nitrogens with one attached hydrogen (secondary N) is 1. The van der Waals surface area contributed by atoms with Crippen molar-refractivity contribution in [1.29, 1.82) is 0 Å². The van der Waals surface area contributed by atoms with Gasteiger partial charge in [-0.3, -0.25) is 4.79 Å². The van der Waals surface area contributed by atoms with E-state index in [4.69, 9.17) is 10.5 Å². The molecule has 0 bridgehead atoms. The van der Waals surface area contributed by atoms with Crippen molar-refractivity contribution in [2.45, 2.75) is 32.1 Å². The molecule has 0 aliphatic heterocycles. The van der Waals surface area contributed by atoms with Crippen molar-refractivity contribution in [3.63, 3.8) is 0 Å². The first-order valence-electron chi connectivity index (χ1n) is 13.1. The number of esters is 1. The number of nitrogen functional groups attached to an aromatic ring is 1. The first-order valence-corrected chi connectivity index (χ1v) is 13.1. The Labute approximate surface area is 245 Å². The van der Waals surface area contributed by atoms with Gasteiger partial charge in [-0.1, -0.05) is 43.0 Å². The minimum absolute atomic E-state index is 0.202. The molecule has 2 atom stereocenters. The lowest BCUT2D eigenvalue weighted by Crippen LogP contribution is -2.55. The van der Waals surface area contributed by atoms with E-state index in [0.717, 1.165) is 5.56 Å². The first-order chi connectivity index (χ1) is 20.0. The number of anilines is 1. The highest BCUT2D eigenvalue weighted by Gasteiger charge is 2.42. The van der Waals surface area contributed by atoms with Crippen LogP contribution in [0.1, 0.15) is 46.5 Å². The molecular weight excluding hydrogens is 536 g/mol. The summed E-state index contributed by atoms with van der Waals surface area (Å²) in [6.07, 6.45) is 0. The molecule has 0 fully saturated rings. The van der Waals surface area contributed by atoms with E-state index in [2.05, 4.69) is 29.0 Å². The molecule has 0 aliphatic rings. The number of carbonyl (C=O) groups is 2. The van der Waals surface area contributed by atoms with E-state index >= 15 is 0 Å². The average Bonchev–Trinajstić information content (AvgIpc) is 3.01. The largest absolute Gasteiger partial charge is 0.463 e. The van der Waals surface area contributed by atoms with Gasteiger partial charge in [0.05, 0.1) is 19.8 Å². The molecule has 0 saturated carbocycles. The van der Waals surface area contributed by atoms with Crippen molar-refractivity contribution in [3.05, 3.63) is 101 Å². The summed E-state index contributed by atoms with van der Waals surface area (Å²) in [4.78, 5) is 26.4. The topological polar surface area (TPSA) is 162 Å². The molecule has 42 heavy (non-hydrogen) atoms. The molecule has 1 amide bonds. The number of ether oxygens (including phenoxy) is 1. The quantitative estimate of drug-likeness (QED) is 0.122. The van der Waals surface area contributed by atoms with Crippen molar-refractivity contribution in [2.75, 3.05) is 25.6 Å². The number of benzene rings is 3. The number of nitrogens with two attached hydrogens (primary N) is 1. The van der Waals surface area contributed by atoms with Gasteiger partial charge in [0.1, 0.15) is 12.2 Å². The van der Waals surface area contributed by atoms with E-state index in [1.807, 2.05) is 0 Å². The van der Waals surface area contributed by atoms with E-state index in [1.54, 1.807) is 48.5 Å². The van der Waals surface area contributed by atoms with Crippen LogP contribution in [0.2, 0.25) is 0 Å². The Morgan fingerprint density at radius 2 is 1.38 bits per heavy atom. The molecular formula is C33H34N2O7. The normalized spacial score (nSPS) is 12.9. The van der Waals surface area contributed by atoms with Crippen molar-refractivity contribution < 1.29 is 34.8 Å². The van der Waals surface area contributed by atoms with Gasteiger partial charge in [0.2, 0.25) is 0 Å². The van der Waals surface area contributed by atoms with Crippen molar-refractivity contribution in [3.8, 4) is 23.7 Å². The third-order valence-corrected chi connectivity index (χ3v) is 6.65. The summed E-state index contributed by atoms with van der Waals surface area (Å²) < 4.78 is 5.34. The molecule has 9 heteroatoms. The highest BCUT2D eigenvalue weighted by atomic mass is 16.5. The monoisotopic (exact) mass is 570 g/mol. The third kappa shape index (κ3) is 8.43. The lowest BCUT2D eigenvalue weighted by atomic mass is 9.87. The number of aliphatic hydroxyl groups is 4. The second-order valence-corrected chi connectivity index (χ2v) is 10.3. The molecule has 0 aliphatic carbocycles. The average molecular weight is 571 g/mol. The Balaban J connectivity index is 1.80. The second kappa shape index (κ2) is 14.3. The molecule has 0 saturated heterocycles. The summed E-state index contributed by atoms with van der Waals surface area (Å²) in [7, 11) is 0. The summed E-state index contributed by atoms with van der Waals surface area (Å²) in [6, 6.07) is 18.1. The molecule has 0 spiro atoms. The Morgan fingerprint density at radius 3 is 1.88 bits per heavy atom. The number of hydrogen-bond donors (Lipinski definition) is 6. The molecule has 0 aromatic heterocycles. The van der Waals surface area contributed by atoms with E-state index in [9.17, 15) is 30.0 Å². The van der Waals surface area contributed by atoms with Crippen LogP contribution in [0.5, 0.6) is 0 Å². The van der Waals surface area contributed by atoms with Crippen LogP contribution in [0, 0.1) is 29.1 Å². The van der Waals surface area contributed by atoms with Gasteiger partial charge in [-0.2, -0.15) is 0 Å². The Morgan fingerprint density at radius 1 is 0.857 bits per heavy atom. The Bertz CT molecular complexity index is 1490. The SMILES string of the molecule is CC(CO)(CO)COC(=O)[C@@H](NC(=O)c1ccc(C#CC#Cc2ccc(N)cc2)cc1)[C@@](C)(O)c1ccc(CO)cc1. The van der Waals surface area contributed by atoms with Crippen molar-refractivity contribution >= 4 is 17.6 Å². The number of carbonyl (C=O) groups excluding carboxylic acids is 2. The second-order valence-electron chi connectivity index (χ2n) is 10.3. The fourth-order valence-electron chi connectivity index (χ4n) is 3.71. The predicted molar refractivity (Wildman–Crippen MR) is 157 cm³/mol.